The van der Waals surface area contributed by atoms with Crippen LogP contribution in [-0.4, -0.2) is 19.5 Å². The van der Waals surface area contributed by atoms with Crippen molar-refractivity contribution in [1.29, 1.82) is 0 Å². The molecule has 0 aliphatic heterocycles. The van der Waals surface area contributed by atoms with Crippen LogP contribution < -0.4 is 0 Å². The van der Waals surface area contributed by atoms with E-state index in [9.17, 15) is 0 Å². The molecule has 0 unspecified atom stereocenters. The molecule has 0 fully saturated rings. The van der Waals surface area contributed by atoms with Gasteiger partial charge in [0.25, 0.3) is 0 Å². The average molecular weight is 352 g/mol. The summed E-state index contributed by atoms with van der Waals surface area (Å²) in [6, 6.07) is 16.9. The molecule has 0 bridgehead atoms. The first-order valence-electron chi connectivity index (χ1n) is 8.37. The van der Waals surface area contributed by atoms with E-state index in [1.54, 1.807) is 29.9 Å². The predicted molar refractivity (Wildman–Crippen MR) is 107 cm³/mol. The van der Waals surface area contributed by atoms with Crippen LogP contribution in [0.2, 0.25) is 0 Å². The summed E-state index contributed by atoms with van der Waals surface area (Å²) in [6.45, 7) is 0. The normalized spacial score (nSPS) is 11.8. The van der Waals surface area contributed by atoms with E-state index in [2.05, 4.69) is 63.1 Å². The van der Waals surface area contributed by atoms with E-state index in [0.29, 0.717) is 0 Å². The molecule has 0 saturated carbocycles. The maximum absolute atomic E-state index is 4.82. The minimum absolute atomic E-state index is 0.806. The summed E-state index contributed by atoms with van der Waals surface area (Å²) in [5.74, 6) is 0.806. The molecular formula is C21H12N4S. The summed E-state index contributed by atoms with van der Waals surface area (Å²) in [5.41, 5.74) is 3.25. The number of fused-ring (bicyclic) bond motifs is 7. The van der Waals surface area contributed by atoms with Crippen molar-refractivity contribution < 1.29 is 0 Å². The van der Waals surface area contributed by atoms with Crippen molar-refractivity contribution in [3.05, 3.63) is 73.3 Å². The van der Waals surface area contributed by atoms with Gasteiger partial charge in [0.1, 0.15) is 0 Å². The lowest BCUT2D eigenvalue weighted by molar-refractivity contribution is 1.04. The van der Waals surface area contributed by atoms with Crippen molar-refractivity contribution in [2.45, 2.75) is 0 Å². The SMILES string of the molecule is c1ccc2c(c1)sc1c2ncc2c1c1ccccc1n2-c1cnccn1. The van der Waals surface area contributed by atoms with Crippen LogP contribution in [0.4, 0.5) is 0 Å². The fraction of sp³-hybridized carbons (Fsp3) is 0. The number of pyridine rings is 1. The van der Waals surface area contributed by atoms with Crippen LogP contribution in [0, 0.1) is 0 Å². The van der Waals surface area contributed by atoms with Gasteiger partial charge in [0.15, 0.2) is 5.82 Å². The van der Waals surface area contributed by atoms with E-state index < -0.39 is 0 Å². The molecule has 4 aromatic heterocycles. The first kappa shape index (κ1) is 13.9. The van der Waals surface area contributed by atoms with Gasteiger partial charge < -0.3 is 0 Å². The number of nitrogens with zero attached hydrogens (tertiary/aromatic N) is 4. The largest absolute Gasteiger partial charge is 0.291 e. The zero-order valence-electron chi connectivity index (χ0n) is 13.6. The molecule has 26 heavy (non-hydrogen) atoms. The van der Waals surface area contributed by atoms with Crippen LogP contribution in [0.3, 0.4) is 0 Å². The quantitative estimate of drug-likeness (QED) is 0.401. The molecule has 0 saturated heterocycles. The molecule has 4 heterocycles. The van der Waals surface area contributed by atoms with E-state index in [1.165, 1.54) is 25.6 Å². The number of hydrogen-bond acceptors (Lipinski definition) is 4. The summed E-state index contributed by atoms with van der Waals surface area (Å²) >= 11 is 1.80. The standard InChI is InChI=1S/C21H12N4S/c1-3-7-15-13(5-1)19-16(25(15)18-12-22-9-10-23-18)11-24-20-14-6-2-4-8-17(14)26-21(19)20/h1-12H. The van der Waals surface area contributed by atoms with Gasteiger partial charge in [-0.2, -0.15) is 0 Å². The lowest BCUT2D eigenvalue weighted by Crippen LogP contribution is -1.97. The van der Waals surface area contributed by atoms with E-state index in [4.69, 9.17) is 4.98 Å². The van der Waals surface area contributed by atoms with Crippen molar-refractivity contribution in [2.24, 2.45) is 0 Å². The third-order valence-electron chi connectivity index (χ3n) is 4.80. The van der Waals surface area contributed by atoms with Gasteiger partial charge in [0.2, 0.25) is 0 Å². The molecule has 0 aliphatic rings. The van der Waals surface area contributed by atoms with Gasteiger partial charge in [0.05, 0.1) is 33.6 Å². The van der Waals surface area contributed by atoms with E-state index in [1.807, 2.05) is 6.20 Å². The second-order valence-corrected chi connectivity index (χ2v) is 7.26. The number of para-hydroxylation sites is 1. The van der Waals surface area contributed by atoms with Crippen molar-refractivity contribution in [3.8, 4) is 5.82 Å². The van der Waals surface area contributed by atoms with Crippen LogP contribution in [0.5, 0.6) is 0 Å². The summed E-state index contributed by atoms with van der Waals surface area (Å²) in [4.78, 5) is 13.6. The highest BCUT2D eigenvalue weighted by Gasteiger charge is 2.18. The monoisotopic (exact) mass is 352 g/mol. The average Bonchev–Trinajstić information content (AvgIpc) is 3.24. The minimum atomic E-state index is 0.806. The molecule has 6 aromatic rings. The molecule has 0 spiro atoms. The van der Waals surface area contributed by atoms with Gasteiger partial charge in [-0.15, -0.1) is 11.3 Å². The Morgan fingerprint density at radius 2 is 1.62 bits per heavy atom. The number of hydrogen-bond donors (Lipinski definition) is 0. The Morgan fingerprint density at radius 3 is 2.50 bits per heavy atom. The van der Waals surface area contributed by atoms with E-state index >= 15 is 0 Å². The Kier molecular flexibility index (Phi) is 2.73. The highest BCUT2D eigenvalue weighted by molar-refractivity contribution is 7.26. The first-order chi connectivity index (χ1) is 12.9. The summed E-state index contributed by atoms with van der Waals surface area (Å²) in [6.07, 6.45) is 7.17. The predicted octanol–water partition coefficient (Wildman–Crippen LogP) is 5.34. The topological polar surface area (TPSA) is 43.6 Å². The van der Waals surface area contributed by atoms with Crippen LogP contribution in [0.25, 0.3) is 47.9 Å². The maximum Gasteiger partial charge on any atom is 0.156 e. The van der Waals surface area contributed by atoms with Crippen molar-refractivity contribution in [1.82, 2.24) is 19.5 Å². The van der Waals surface area contributed by atoms with Gasteiger partial charge >= 0.3 is 0 Å². The molecule has 0 aliphatic carbocycles. The minimum Gasteiger partial charge on any atom is -0.291 e. The van der Waals surface area contributed by atoms with Gasteiger partial charge in [-0.05, 0) is 12.1 Å². The van der Waals surface area contributed by atoms with E-state index in [-0.39, 0.29) is 0 Å². The second-order valence-electron chi connectivity index (χ2n) is 6.21. The lowest BCUT2D eigenvalue weighted by Gasteiger charge is -2.05. The van der Waals surface area contributed by atoms with Gasteiger partial charge in [-0.3, -0.25) is 14.5 Å². The Bertz CT molecular complexity index is 1430. The Morgan fingerprint density at radius 1 is 0.769 bits per heavy atom. The molecule has 0 radical (unpaired) electrons. The van der Waals surface area contributed by atoms with Crippen LogP contribution in [0.15, 0.2) is 73.3 Å². The third-order valence-corrected chi connectivity index (χ3v) is 5.98. The lowest BCUT2D eigenvalue weighted by atomic mass is 10.1. The number of rotatable bonds is 1. The first-order valence-corrected chi connectivity index (χ1v) is 9.19. The number of thiophene rings is 1. The van der Waals surface area contributed by atoms with Crippen LogP contribution in [-0.2, 0) is 0 Å². The molecule has 122 valence electrons. The molecule has 2 aromatic carbocycles. The smallest absolute Gasteiger partial charge is 0.156 e. The fourth-order valence-corrected chi connectivity index (χ4v) is 4.95. The molecule has 5 heteroatoms. The van der Waals surface area contributed by atoms with Crippen LogP contribution >= 0.6 is 11.3 Å². The number of aromatic nitrogens is 4. The molecule has 0 N–H and O–H groups in total. The van der Waals surface area contributed by atoms with Gasteiger partial charge in [0, 0.05) is 33.3 Å². The van der Waals surface area contributed by atoms with Crippen molar-refractivity contribution in [3.63, 3.8) is 0 Å². The van der Waals surface area contributed by atoms with E-state index in [0.717, 1.165) is 22.4 Å². The molecular weight excluding hydrogens is 340 g/mol. The Hall–Kier alpha value is -3.31. The molecule has 6 rings (SSSR count). The highest BCUT2D eigenvalue weighted by atomic mass is 32.1. The summed E-state index contributed by atoms with van der Waals surface area (Å²) < 4.78 is 4.63. The summed E-state index contributed by atoms with van der Waals surface area (Å²) in [7, 11) is 0. The van der Waals surface area contributed by atoms with Crippen LogP contribution in [0.1, 0.15) is 0 Å². The second kappa shape index (κ2) is 5.09. The van der Waals surface area contributed by atoms with Gasteiger partial charge in [-0.25, -0.2) is 4.98 Å². The molecule has 4 nitrogen and oxygen atoms in total. The maximum atomic E-state index is 4.82. The summed E-state index contributed by atoms with van der Waals surface area (Å²) in [5, 5.41) is 3.66. The molecule has 0 atom stereocenters. The van der Waals surface area contributed by atoms with Gasteiger partial charge in [-0.1, -0.05) is 36.4 Å². The van der Waals surface area contributed by atoms with Crippen molar-refractivity contribution >= 4 is 53.4 Å². The highest BCUT2D eigenvalue weighted by Crippen LogP contribution is 2.41. The zero-order chi connectivity index (χ0) is 17.1. The third kappa shape index (κ3) is 1.75. The molecule has 0 amide bonds. The Labute approximate surface area is 152 Å². The fourth-order valence-electron chi connectivity index (χ4n) is 3.73. The Balaban J connectivity index is 1.89. The zero-order valence-corrected chi connectivity index (χ0v) is 14.4. The number of benzene rings is 2. The van der Waals surface area contributed by atoms with Crippen molar-refractivity contribution in [2.75, 3.05) is 0 Å².